The third kappa shape index (κ3) is 8.34. The van der Waals surface area contributed by atoms with Gasteiger partial charge >= 0.3 is 0 Å². The van der Waals surface area contributed by atoms with Crippen molar-refractivity contribution in [3.05, 3.63) is 17.8 Å². The number of aliphatic imine (C=N–C) groups is 1. The maximum atomic E-state index is 11.5. The van der Waals surface area contributed by atoms with Crippen LogP contribution in [0.3, 0.4) is 0 Å². The van der Waals surface area contributed by atoms with Crippen LogP contribution >= 0.6 is 24.0 Å². The van der Waals surface area contributed by atoms with Gasteiger partial charge in [0, 0.05) is 38.1 Å². The molecular formula is C17H32IN5O3S. The van der Waals surface area contributed by atoms with Gasteiger partial charge in [-0.2, -0.15) is 0 Å². The molecule has 1 fully saturated rings. The Bertz CT molecular complexity index is 698. The number of guanidine groups is 1. The Morgan fingerprint density at radius 3 is 2.52 bits per heavy atom. The van der Waals surface area contributed by atoms with Crippen molar-refractivity contribution >= 4 is 39.8 Å². The van der Waals surface area contributed by atoms with Crippen molar-refractivity contribution in [1.29, 1.82) is 0 Å². The summed E-state index contributed by atoms with van der Waals surface area (Å²) in [5.41, 5.74) is -0.0698. The largest absolute Gasteiger partial charge is 0.443 e. The highest BCUT2D eigenvalue weighted by atomic mass is 127. The van der Waals surface area contributed by atoms with Crippen molar-refractivity contribution in [2.24, 2.45) is 4.99 Å². The van der Waals surface area contributed by atoms with E-state index in [0.717, 1.165) is 18.8 Å². The first-order chi connectivity index (χ1) is 12.2. The molecule has 0 saturated carbocycles. The van der Waals surface area contributed by atoms with E-state index in [1.807, 2.05) is 6.92 Å². The number of hydrogen-bond donors (Lipinski definition) is 2. The molecule has 0 radical (unpaired) electrons. The smallest absolute Gasteiger partial charge is 0.216 e. The Kier molecular flexibility index (Phi) is 9.49. The molecule has 2 N–H and O–H groups in total. The van der Waals surface area contributed by atoms with E-state index in [0.29, 0.717) is 38.0 Å². The molecule has 0 amide bonds. The molecule has 2 heterocycles. The fourth-order valence-electron chi connectivity index (χ4n) is 2.52. The third-order valence-electron chi connectivity index (χ3n) is 4.17. The number of nitrogens with zero attached hydrogens (tertiary/aromatic N) is 3. The van der Waals surface area contributed by atoms with Gasteiger partial charge in [0.1, 0.15) is 12.3 Å². The number of halogens is 1. The minimum atomic E-state index is -2.83. The van der Waals surface area contributed by atoms with Crippen molar-refractivity contribution in [2.45, 2.75) is 39.7 Å². The normalized spacial score (nSPS) is 18.0. The molecule has 2 rings (SSSR count). The molecule has 1 aromatic heterocycles. The third-order valence-corrected chi connectivity index (χ3v) is 5.78. The topological polar surface area (TPSA) is 99.8 Å². The lowest BCUT2D eigenvalue weighted by Crippen LogP contribution is -2.45. The van der Waals surface area contributed by atoms with Crippen LogP contribution in [0.1, 0.15) is 39.3 Å². The maximum Gasteiger partial charge on any atom is 0.216 e. The van der Waals surface area contributed by atoms with Crippen LogP contribution in [0.15, 0.2) is 15.6 Å². The molecule has 0 unspecified atom stereocenters. The van der Waals surface area contributed by atoms with E-state index in [-0.39, 0.29) is 40.9 Å². The zero-order valence-electron chi connectivity index (χ0n) is 16.6. The van der Waals surface area contributed by atoms with E-state index in [1.54, 1.807) is 6.20 Å². The number of hydrogen-bond acceptors (Lipinski definition) is 6. The molecule has 0 atom stereocenters. The van der Waals surface area contributed by atoms with Gasteiger partial charge in [-0.05, 0) is 6.92 Å². The van der Waals surface area contributed by atoms with E-state index < -0.39 is 9.84 Å². The van der Waals surface area contributed by atoms with Gasteiger partial charge in [0.2, 0.25) is 5.89 Å². The van der Waals surface area contributed by atoms with E-state index >= 15 is 0 Å². The van der Waals surface area contributed by atoms with Gasteiger partial charge < -0.3 is 15.1 Å². The summed E-state index contributed by atoms with van der Waals surface area (Å²) in [6.45, 7) is 12.1. The van der Waals surface area contributed by atoms with E-state index in [1.165, 1.54) is 0 Å². The lowest BCUT2D eigenvalue weighted by molar-refractivity contribution is 0.299. The van der Waals surface area contributed by atoms with E-state index in [4.69, 9.17) is 4.42 Å². The predicted molar refractivity (Wildman–Crippen MR) is 119 cm³/mol. The lowest BCUT2D eigenvalue weighted by Gasteiger charge is -2.26. The summed E-state index contributed by atoms with van der Waals surface area (Å²) in [4.78, 5) is 11.0. The summed E-state index contributed by atoms with van der Waals surface area (Å²) < 4.78 is 28.7. The van der Waals surface area contributed by atoms with Gasteiger partial charge in [0.25, 0.3) is 0 Å². The minimum absolute atomic E-state index is 0. The molecule has 10 heteroatoms. The minimum Gasteiger partial charge on any atom is -0.443 e. The van der Waals surface area contributed by atoms with Gasteiger partial charge in [-0.25, -0.2) is 18.4 Å². The molecule has 0 bridgehead atoms. The molecular weight excluding hydrogens is 481 g/mol. The van der Waals surface area contributed by atoms with Crippen LogP contribution in [-0.4, -0.2) is 68.5 Å². The van der Waals surface area contributed by atoms with E-state index in [2.05, 4.69) is 46.3 Å². The second-order valence-electron chi connectivity index (χ2n) is 7.48. The Morgan fingerprint density at radius 2 is 1.96 bits per heavy atom. The Labute approximate surface area is 179 Å². The fraction of sp³-hybridized carbons (Fsp3) is 0.765. The standard InChI is InChI=1S/C17H31N5O3S.HI/c1-5-18-16(19-6-7-22-8-10-26(23,24)11-9-22)21-13-15-20-12-14(25-15)17(2,3)4;/h12H,5-11,13H2,1-4H3,(H2,18,19,21);1H. The fourth-order valence-corrected chi connectivity index (χ4v) is 3.80. The summed E-state index contributed by atoms with van der Waals surface area (Å²) >= 11 is 0. The summed E-state index contributed by atoms with van der Waals surface area (Å²) in [6.07, 6.45) is 1.76. The number of aromatic nitrogens is 1. The SMILES string of the molecule is CCNC(=NCc1ncc(C(C)(C)C)o1)NCCN1CCS(=O)(=O)CC1.I. The molecule has 156 valence electrons. The molecule has 1 aliphatic heterocycles. The van der Waals surface area contributed by atoms with Crippen LogP contribution in [0.4, 0.5) is 0 Å². The maximum absolute atomic E-state index is 11.5. The molecule has 0 aliphatic carbocycles. The van der Waals surface area contributed by atoms with E-state index in [9.17, 15) is 8.42 Å². The van der Waals surface area contributed by atoms with Crippen molar-refractivity contribution in [1.82, 2.24) is 20.5 Å². The lowest BCUT2D eigenvalue weighted by atomic mass is 9.94. The second kappa shape index (κ2) is 10.6. The Morgan fingerprint density at radius 1 is 1.30 bits per heavy atom. The Hall–Kier alpha value is -0.880. The first-order valence-electron chi connectivity index (χ1n) is 9.10. The first kappa shape index (κ1) is 24.2. The van der Waals surface area contributed by atoms with Crippen molar-refractivity contribution < 1.29 is 12.8 Å². The van der Waals surface area contributed by atoms with Gasteiger partial charge in [-0.3, -0.25) is 4.90 Å². The molecule has 1 saturated heterocycles. The number of oxazole rings is 1. The summed E-state index contributed by atoms with van der Waals surface area (Å²) in [5.74, 6) is 2.64. The summed E-state index contributed by atoms with van der Waals surface area (Å²) in [5, 5.41) is 6.47. The highest BCUT2D eigenvalue weighted by Crippen LogP contribution is 2.22. The van der Waals surface area contributed by atoms with Crippen LogP contribution in [-0.2, 0) is 21.8 Å². The Balaban J connectivity index is 0.00000364. The monoisotopic (exact) mass is 513 g/mol. The number of rotatable bonds is 6. The van der Waals surface area contributed by atoms with Crippen LogP contribution in [0.5, 0.6) is 0 Å². The quantitative estimate of drug-likeness (QED) is 0.337. The van der Waals surface area contributed by atoms with Gasteiger partial charge in [-0.1, -0.05) is 20.8 Å². The van der Waals surface area contributed by atoms with Crippen molar-refractivity contribution in [3.63, 3.8) is 0 Å². The van der Waals surface area contributed by atoms with Crippen LogP contribution in [0.25, 0.3) is 0 Å². The average Bonchev–Trinajstić information content (AvgIpc) is 3.03. The van der Waals surface area contributed by atoms with Gasteiger partial charge in [0.05, 0.1) is 17.7 Å². The van der Waals surface area contributed by atoms with Crippen molar-refractivity contribution in [2.75, 3.05) is 44.2 Å². The first-order valence-corrected chi connectivity index (χ1v) is 10.9. The predicted octanol–water partition coefficient (Wildman–Crippen LogP) is 1.38. The van der Waals surface area contributed by atoms with Crippen LogP contribution in [0.2, 0.25) is 0 Å². The second-order valence-corrected chi connectivity index (χ2v) is 9.79. The van der Waals surface area contributed by atoms with Gasteiger partial charge in [0.15, 0.2) is 15.8 Å². The highest BCUT2D eigenvalue weighted by molar-refractivity contribution is 14.0. The summed E-state index contributed by atoms with van der Waals surface area (Å²) in [7, 11) is -2.83. The highest BCUT2D eigenvalue weighted by Gasteiger charge is 2.21. The molecule has 1 aromatic rings. The average molecular weight is 513 g/mol. The molecule has 0 aromatic carbocycles. The molecule has 27 heavy (non-hydrogen) atoms. The van der Waals surface area contributed by atoms with Crippen molar-refractivity contribution in [3.8, 4) is 0 Å². The summed E-state index contributed by atoms with van der Waals surface area (Å²) in [6, 6.07) is 0. The number of nitrogens with one attached hydrogen (secondary N) is 2. The molecule has 1 aliphatic rings. The number of sulfone groups is 1. The van der Waals surface area contributed by atoms with Crippen LogP contribution in [0, 0.1) is 0 Å². The molecule has 8 nitrogen and oxygen atoms in total. The zero-order valence-corrected chi connectivity index (χ0v) is 19.8. The van der Waals surface area contributed by atoms with Gasteiger partial charge in [-0.15, -0.1) is 24.0 Å². The molecule has 0 spiro atoms. The zero-order chi connectivity index (χ0) is 19.2. The van der Waals surface area contributed by atoms with Crippen LogP contribution < -0.4 is 10.6 Å².